The van der Waals surface area contributed by atoms with Crippen LogP contribution in [0.5, 0.6) is 0 Å². The minimum Gasteiger partial charge on any atom is -0.456 e. The van der Waals surface area contributed by atoms with Gasteiger partial charge in [-0.3, -0.25) is 19.2 Å². The Morgan fingerprint density at radius 1 is 0.924 bits per heavy atom. The standard InChI is InChI=1S/C52H77NO13/c1-11-37-24-30(2)23-31(3)25-42(62-8)47-43(63-9)27-33(5)52(61,66-47)48(57)49(58)53-22-16-15-19-39(53)50(59)65-46(34(6)40(55)29-41(37)56)32(4)26-36-20-21-51(60,44(28-36)64-10)45(35(7)54)38-17-13-12-14-18-38/h12-14,17-18,24,26,31,33-34,36-37,39-40,42-47,55,60-61H,11,15-16,19-23,25,27-29H2,1-10H3. The zero-order valence-corrected chi connectivity index (χ0v) is 40.9. The van der Waals surface area contributed by atoms with E-state index in [1.54, 1.807) is 20.8 Å². The number of rotatable bonds is 9. The quantitative estimate of drug-likeness (QED) is 0.144. The molecule has 3 N–H and O–H groups in total. The fourth-order valence-electron chi connectivity index (χ4n) is 11.3. The number of benzene rings is 1. The predicted molar refractivity (Wildman–Crippen MR) is 247 cm³/mol. The van der Waals surface area contributed by atoms with Crippen LogP contribution in [-0.2, 0) is 47.7 Å². The van der Waals surface area contributed by atoms with Crippen molar-refractivity contribution in [2.45, 2.75) is 179 Å². The molecule has 368 valence electrons. The van der Waals surface area contributed by atoms with Gasteiger partial charge in [-0.05, 0) is 108 Å². The molecule has 14 heteroatoms. The number of amides is 1. The maximum absolute atomic E-state index is 14.6. The second-order valence-corrected chi connectivity index (χ2v) is 19.9. The molecule has 1 amide bonds. The summed E-state index contributed by atoms with van der Waals surface area (Å²) in [4.78, 5) is 71.6. The van der Waals surface area contributed by atoms with Crippen LogP contribution >= 0.6 is 0 Å². The molecule has 14 nitrogen and oxygen atoms in total. The molecule has 3 aliphatic heterocycles. The Balaban J connectivity index is 1.52. The number of cyclic esters (lactones) is 1. The number of hydrogen-bond donors (Lipinski definition) is 3. The molecule has 0 spiro atoms. The van der Waals surface area contributed by atoms with Crippen molar-refractivity contribution in [2.24, 2.45) is 29.6 Å². The number of carbonyl (C=O) groups excluding carboxylic acids is 5. The average Bonchev–Trinajstić information content (AvgIpc) is 3.29. The van der Waals surface area contributed by atoms with Gasteiger partial charge in [0, 0.05) is 52.0 Å². The summed E-state index contributed by atoms with van der Waals surface area (Å²) < 4.78 is 30.3. The molecule has 15 unspecified atom stereocenters. The highest BCUT2D eigenvalue weighted by Gasteiger charge is 2.57. The van der Waals surface area contributed by atoms with Crippen molar-refractivity contribution in [2.75, 3.05) is 27.9 Å². The largest absolute Gasteiger partial charge is 0.456 e. The van der Waals surface area contributed by atoms with Gasteiger partial charge in [0.15, 0.2) is 0 Å². The number of methoxy groups -OCH3 is 3. The number of piperidine rings is 1. The molecule has 4 aliphatic rings. The van der Waals surface area contributed by atoms with Crippen LogP contribution in [-0.4, -0.2) is 131 Å². The fourth-order valence-corrected chi connectivity index (χ4v) is 11.3. The van der Waals surface area contributed by atoms with Gasteiger partial charge in [-0.1, -0.05) is 75.8 Å². The van der Waals surface area contributed by atoms with Gasteiger partial charge >= 0.3 is 5.97 Å². The van der Waals surface area contributed by atoms with E-state index >= 15 is 0 Å². The first-order valence-electron chi connectivity index (χ1n) is 24.1. The zero-order valence-electron chi connectivity index (χ0n) is 40.9. The first-order valence-corrected chi connectivity index (χ1v) is 24.1. The van der Waals surface area contributed by atoms with Crippen LogP contribution in [0.4, 0.5) is 0 Å². The minimum absolute atomic E-state index is 0.00811. The third kappa shape index (κ3) is 11.8. The Bertz CT molecular complexity index is 1920. The zero-order chi connectivity index (χ0) is 48.7. The van der Waals surface area contributed by atoms with Crippen LogP contribution in [0.2, 0.25) is 0 Å². The SMILES string of the molecule is CCC1C=C(C)CC(C)CC(OC)C2OC(O)(C(=O)C(=O)N3CCCCC3C(=O)OC(C(C)=CC3CCC(O)(C(C(C)=O)c4ccccc4)C(OC)C3)C(C)C(O)CC1=O)C(C)CC2OC. The summed E-state index contributed by atoms with van der Waals surface area (Å²) in [6.45, 7) is 12.6. The second-order valence-electron chi connectivity index (χ2n) is 19.9. The van der Waals surface area contributed by atoms with Crippen molar-refractivity contribution in [1.82, 2.24) is 4.90 Å². The molecule has 5 rings (SSSR count). The minimum atomic E-state index is -2.54. The molecule has 1 aromatic carbocycles. The van der Waals surface area contributed by atoms with E-state index in [0.717, 1.165) is 5.57 Å². The number of esters is 1. The van der Waals surface area contributed by atoms with Crippen molar-refractivity contribution < 1.29 is 63.0 Å². The molecule has 0 aromatic heterocycles. The molecular formula is C52H77NO13. The number of carbonyl (C=O) groups is 5. The predicted octanol–water partition coefficient (Wildman–Crippen LogP) is 6.22. The highest BCUT2D eigenvalue weighted by Crippen LogP contribution is 2.45. The molecule has 3 heterocycles. The molecule has 0 radical (unpaired) electrons. The smallest absolute Gasteiger partial charge is 0.329 e. The number of fused-ring (bicyclic) bond motifs is 3. The molecule has 1 saturated carbocycles. The van der Waals surface area contributed by atoms with Crippen LogP contribution in [0.15, 0.2) is 53.6 Å². The maximum Gasteiger partial charge on any atom is 0.329 e. The van der Waals surface area contributed by atoms with Crippen molar-refractivity contribution in [3.63, 3.8) is 0 Å². The number of hydrogen-bond acceptors (Lipinski definition) is 13. The van der Waals surface area contributed by atoms with Gasteiger partial charge < -0.3 is 43.9 Å². The molecule has 2 bridgehead atoms. The van der Waals surface area contributed by atoms with E-state index in [-0.39, 0.29) is 55.6 Å². The summed E-state index contributed by atoms with van der Waals surface area (Å²) >= 11 is 0. The molecule has 66 heavy (non-hydrogen) atoms. The third-order valence-electron chi connectivity index (χ3n) is 15.1. The van der Waals surface area contributed by atoms with Crippen molar-refractivity contribution >= 4 is 29.2 Å². The maximum atomic E-state index is 14.6. The summed E-state index contributed by atoms with van der Waals surface area (Å²) in [7, 11) is 4.56. The Morgan fingerprint density at radius 2 is 1.59 bits per heavy atom. The summed E-state index contributed by atoms with van der Waals surface area (Å²) in [5.74, 6) is -9.05. The second kappa shape index (κ2) is 23.1. The van der Waals surface area contributed by atoms with Gasteiger partial charge in [-0.25, -0.2) is 4.79 Å². The van der Waals surface area contributed by atoms with Gasteiger partial charge in [0.05, 0.1) is 30.3 Å². The van der Waals surface area contributed by atoms with Gasteiger partial charge in [-0.2, -0.15) is 0 Å². The number of Topliss-reactive ketones (excluding diaryl/α,β-unsaturated/α-hetero) is 3. The topological polar surface area (TPSA) is 195 Å². The van der Waals surface area contributed by atoms with Crippen LogP contribution in [0, 0.1) is 29.6 Å². The summed E-state index contributed by atoms with van der Waals surface area (Å²) in [6.07, 6.45) is 2.63. The summed E-state index contributed by atoms with van der Waals surface area (Å²) in [6, 6.07) is 7.98. The van der Waals surface area contributed by atoms with Gasteiger partial charge in [0.1, 0.15) is 35.4 Å². The highest BCUT2D eigenvalue weighted by atomic mass is 16.7. The van der Waals surface area contributed by atoms with Crippen LogP contribution in [0.1, 0.15) is 131 Å². The van der Waals surface area contributed by atoms with E-state index in [1.807, 2.05) is 63.3 Å². The lowest BCUT2D eigenvalue weighted by molar-refractivity contribution is -0.302. The van der Waals surface area contributed by atoms with Crippen molar-refractivity contribution in [1.29, 1.82) is 0 Å². The van der Waals surface area contributed by atoms with Gasteiger partial charge in [0.2, 0.25) is 5.79 Å². The van der Waals surface area contributed by atoms with E-state index in [4.69, 9.17) is 23.7 Å². The number of allylic oxidation sites excluding steroid dienone is 3. The number of ketones is 3. The molecule has 2 saturated heterocycles. The molecule has 1 aliphatic carbocycles. The third-order valence-corrected chi connectivity index (χ3v) is 15.1. The number of aliphatic hydroxyl groups is 3. The molecule has 15 atom stereocenters. The number of ether oxygens (including phenoxy) is 5. The first kappa shape index (κ1) is 53.3. The molecular weight excluding hydrogens is 847 g/mol. The van der Waals surface area contributed by atoms with Crippen LogP contribution in [0.3, 0.4) is 0 Å². The highest BCUT2D eigenvalue weighted by molar-refractivity contribution is 6.39. The Labute approximate surface area is 391 Å². The van der Waals surface area contributed by atoms with Crippen molar-refractivity contribution in [3.05, 3.63) is 59.2 Å². The Kier molecular flexibility index (Phi) is 18.7. The Hall–Kier alpha value is -3.63. The van der Waals surface area contributed by atoms with Crippen LogP contribution < -0.4 is 0 Å². The lowest BCUT2D eigenvalue weighted by Crippen LogP contribution is -2.64. The van der Waals surface area contributed by atoms with E-state index in [2.05, 4.69) is 0 Å². The lowest BCUT2D eigenvalue weighted by Gasteiger charge is -2.47. The van der Waals surface area contributed by atoms with Crippen LogP contribution in [0.25, 0.3) is 0 Å². The van der Waals surface area contributed by atoms with Gasteiger partial charge in [0.25, 0.3) is 11.7 Å². The monoisotopic (exact) mass is 924 g/mol. The van der Waals surface area contributed by atoms with Crippen molar-refractivity contribution in [3.8, 4) is 0 Å². The fraction of sp³-hybridized carbons (Fsp3) is 0.712. The first-order chi connectivity index (χ1) is 31.2. The average molecular weight is 924 g/mol. The summed E-state index contributed by atoms with van der Waals surface area (Å²) in [5, 5.41) is 36.2. The lowest BCUT2D eigenvalue weighted by atomic mass is 9.66. The van der Waals surface area contributed by atoms with E-state index in [0.29, 0.717) is 56.1 Å². The van der Waals surface area contributed by atoms with E-state index in [1.165, 1.54) is 33.2 Å². The normalized spacial score (nSPS) is 37.8. The molecule has 1 aromatic rings. The van der Waals surface area contributed by atoms with Gasteiger partial charge in [-0.15, -0.1) is 0 Å². The Morgan fingerprint density at radius 3 is 2.21 bits per heavy atom. The molecule has 3 fully saturated rings. The van der Waals surface area contributed by atoms with E-state index < -0.39 is 95.4 Å². The number of nitrogens with zero attached hydrogens (tertiary/aromatic N) is 1. The van der Waals surface area contributed by atoms with E-state index in [9.17, 15) is 39.3 Å². The number of aliphatic hydroxyl groups excluding tert-OH is 1. The summed E-state index contributed by atoms with van der Waals surface area (Å²) in [5.41, 5.74) is 0.764.